The van der Waals surface area contributed by atoms with Gasteiger partial charge in [-0.1, -0.05) is 6.92 Å². The largest absolute Gasteiger partial charge is 0.374 e. The third-order valence-corrected chi connectivity index (χ3v) is 4.45. The lowest BCUT2D eigenvalue weighted by molar-refractivity contribution is -0.0550. The monoisotopic (exact) mass is 283 g/mol. The molecule has 0 spiro atoms. The first kappa shape index (κ1) is 14.9. The van der Waals surface area contributed by atoms with Crippen LogP contribution in [0.2, 0.25) is 0 Å². The Labute approximate surface area is 120 Å². The minimum absolute atomic E-state index is 0.264. The number of ether oxygens (including phenoxy) is 1. The van der Waals surface area contributed by atoms with Crippen LogP contribution in [-0.2, 0) is 11.2 Å². The summed E-state index contributed by atoms with van der Waals surface area (Å²) in [5.41, 5.74) is 0. The van der Waals surface area contributed by atoms with Gasteiger partial charge in [0.2, 0.25) is 0 Å². The number of rotatable bonds is 6. The highest BCUT2D eigenvalue weighted by Gasteiger charge is 2.29. The molecule has 2 heterocycles. The molecule has 5 heteroatoms. The molecule has 1 aliphatic heterocycles. The summed E-state index contributed by atoms with van der Waals surface area (Å²) < 4.78 is 5.99. The normalized spacial score (nSPS) is 22.8. The highest BCUT2D eigenvalue weighted by Crippen LogP contribution is 2.16. The van der Waals surface area contributed by atoms with E-state index in [1.54, 1.807) is 11.3 Å². The Morgan fingerprint density at radius 1 is 1.58 bits per heavy atom. The SMILES string of the molecule is CCNC(Cc1nccs1)C1CN(C(C)C)CCO1. The first-order valence-electron chi connectivity index (χ1n) is 7.18. The Bertz CT molecular complexity index is 356. The van der Waals surface area contributed by atoms with Crippen LogP contribution >= 0.6 is 11.3 Å². The highest BCUT2D eigenvalue weighted by molar-refractivity contribution is 7.09. The van der Waals surface area contributed by atoms with E-state index in [1.165, 1.54) is 5.01 Å². The minimum atomic E-state index is 0.264. The molecule has 1 N–H and O–H groups in total. The summed E-state index contributed by atoms with van der Waals surface area (Å²) >= 11 is 1.73. The Kier molecular flexibility index (Phi) is 5.76. The molecule has 0 radical (unpaired) electrons. The quantitative estimate of drug-likeness (QED) is 0.863. The lowest BCUT2D eigenvalue weighted by Crippen LogP contribution is -2.54. The molecule has 2 atom stereocenters. The molecular weight excluding hydrogens is 258 g/mol. The van der Waals surface area contributed by atoms with Crippen LogP contribution in [0.25, 0.3) is 0 Å². The standard InChI is InChI=1S/C14H25N3OS/c1-4-15-12(9-14-16-5-8-19-14)13-10-17(11(2)3)6-7-18-13/h5,8,11-13,15H,4,6-7,9-10H2,1-3H3. The first-order valence-corrected chi connectivity index (χ1v) is 8.06. The molecule has 1 aliphatic rings. The third kappa shape index (κ3) is 4.24. The molecule has 1 saturated heterocycles. The van der Waals surface area contributed by atoms with Gasteiger partial charge in [0, 0.05) is 43.2 Å². The predicted molar refractivity (Wildman–Crippen MR) is 79.7 cm³/mol. The fraction of sp³-hybridized carbons (Fsp3) is 0.786. The van der Waals surface area contributed by atoms with Crippen molar-refractivity contribution in [3.05, 3.63) is 16.6 Å². The fourth-order valence-electron chi connectivity index (χ4n) is 2.55. The smallest absolute Gasteiger partial charge is 0.0941 e. The van der Waals surface area contributed by atoms with Crippen molar-refractivity contribution in [3.63, 3.8) is 0 Å². The Balaban J connectivity index is 1.97. The molecule has 1 aromatic heterocycles. The average Bonchev–Trinajstić information content (AvgIpc) is 2.91. The lowest BCUT2D eigenvalue weighted by Gasteiger charge is -2.39. The van der Waals surface area contributed by atoms with Crippen molar-refractivity contribution in [2.24, 2.45) is 0 Å². The van der Waals surface area contributed by atoms with Crippen LogP contribution in [-0.4, -0.2) is 54.3 Å². The van der Waals surface area contributed by atoms with E-state index in [-0.39, 0.29) is 6.10 Å². The van der Waals surface area contributed by atoms with E-state index in [0.29, 0.717) is 12.1 Å². The van der Waals surface area contributed by atoms with E-state index in [0.717, 1.165) is 32.7 Å². The molecule has 108 valence electrons. The molecule has 0 bridgehead atoms. The number of nitrogens with one attached hydrogen (secondary N) is 1. The fourth-order valence-corrected chi connectivity index (χ4v) is 3.22. The van der Waals surface area contributed by atoms with E-state index in [1.807, 2.05) is 11.6 Å². The van der Waals surface area contributed by atoms with Crippen LogP contribution in [0.1, 0.15) is 25.8 Å². The first-order chi connectivity index (χ1) is 9.20. The molecule has 0 aromatic carbocycles. The summed E-state index contributed by atoms with van der Waals surface area (Å²) in [6, 6.07) is 0.950. The van der Waals surface area contributed by atoms with E-state index in [2.05, 4.69) is 36.0 Å². The van der Waals surface area contributed by atoms with E-state index in [9.17, 15) is 0 Å². The number of likely N-dealkylation sites (N-methyl/N-ethyl adjacent to an activating group) is 1. The van der Waals surface area contributed by atoms with Gasteiger partial charge in [0.1, 0.15) is 0 Å². The van der Waals surface area contributed by atoms with Crippen molar-refractivity contribution in [2.45, 2.75) is 45.4 Å². The second-order valence-electron chi connectivity index (χ2n) is 5.29. The molecule has 2 rings (SSSR count). The third-order valence-electron chi connectivity index (χ3n) is 3.65. The topological polar surface area (TPSA) is 37.4 Å². The maximum absolute atomic E-state index is 5.99. The van der Waals surface area contributed by atoms with Crippen molar-refractivity contribution >= 4 is 11.3 Å². The molecule has 19 heavy (non-hydrogen) atoms. The van der Waals surface area contributed by atoms with Crippen molar-refractivity contribution in [1.82, 2.24) is 15.2 Å². The zero-order valence-electron chi connectivity index (χ0n) is 12.1. The molecule has 0 aliphatic carbocycles. The number of morpholine rings is 1. The molecule has 1 fully saturated rings. The summed E-state index contributed by atoms with van der Waals surface area (Å²) in [5, 5.41) is 6.80. The second-order valence-corrected chi connectivity index (χ2v) is 6.27. The van der Waals surface area contributed by atoms with Crippen molar-refractivity contribution < 1.29 is 4.74 Å². The van der Waals surface area contributed by atoms with Gasteiger partial charge >= 0.3 is 0 Å². The minimum Gasteiger partial charge on any atom is -0.374 e. The van der Waals surface area contributed by atoms with Crippen LogP contribution in [0.4, 0.5) is 0 Å². The van der Waals surface area contributed by atoms with Crippen LogP contribution in [0.3, 0.4) is 0 Å². The number of hydrogen-bond donors (Lipinski definition) is 1. The van der Waals surface area contributed by atoms with E-state index < -0.39 is 0 Å². The summed E-state index contributed by atoms with van der Waals surface area (Å²) in [5.74, 6) is 0. The summed E-state index contributed by atoms with van der Waals surface area (Å²) in [6.45, 7) is 10.5. The molecule has 0 amide bonds. The van der Waals surface area contributed by atoms with Gasteiger partial charge in [0.15, 0.2) is 0 Å². The van der Waals surface area contributed by atoms with Crippen LogP contribution < -0.4 is 5.32 Å². The van der Waals surface area contributed by atoms with Crippen LogP contribution in [0.15, 0.2) is 11.6 Å². The van der Waals surface area contributed by atoms with Gasteiger partial charge in [0.05, 0.1) is 17.7 Å². The van der Waals surface area contributed by atoms with Crippen molar-refractivity contribution in [3.8, 4) is 0 Å². The highest BCUT2D eigenvalue weighted by atomic mass is 32.1. The van der Waals surface area contributed by atoms with Gasteiger partial charge < -0.3 is 10.1 Å². The molecule has 0 saturated carbocycles. The number of nitrogens with zero attached hydrogens (tertiary/aromatic N) is 2. The number of hydrogen-bond acceptors (Lipinski definition) is 5. The predicted octanol–water partition coefficient (Wildman–Crippen LogP) is 1.77. The van der Waals surface area contributed by atoms with E-state index >= 15 is 0 Å². The van der Waals surface area contributed by atoms with Crippen LogP contribution in [0.5, 0.6) is 0 Å². The van der Waals surface area contributed by atoms with Crippen LogP contribution in [0, 0.1) is 0 Å². The Morgan fingerprint density at radius 2 is 2.42 bits per heavy atom. The van der Waals surface area contributed by atoms with Gasteiger partial charge in [-0.15, -0.1) is 11.3 Å². The van der Waals surface area contributed by atoms with Crippen molar-refractivity contribution in [2.75, 3.05) is 26.2 Å². The lowest BCUT2D eigenvalue weighted by atomic mass is 10.0. The number of aromatic nitrogens is 1. The summed E-state index contributed by atoms with van der Waals surface area (Å²) in [4.78, 5) is 6.90. The van der Waals surface area contributed by atoms with Gasteiger partial charge in [-0.2, -0.15) is 0 Å². The van der Waals surface area contributed by atoms with Crippen molar-refractivity contribution in [1.29, 1.82) is 0 Å². The second kappa shape index (κ2) is 7.33. The summed E-state index contributed by atoms with van der Waals surface area (Å²) in [7, 11) is 0. The zero-order chi connectivity index (χ0) is 13.7. The maximum Gasteiger partial charge on any atom is 0.0941 e. The molecular formula is C14H25N3OS. The Morgan fingerprint density at radius 3 is 3.05 bits per heavy atom. The van der Waals surface area contributed by atoms with Gasteiger partial charge in [0.25, 0.3) is 0 Å². The van der Waals surface area contributed by atoms with Gasteiger partial charge in [-0.05, 0) is 20.4 Å². The summed E-state index contributed by atoms with van der Waals surface area (Å²) in [6.07, 6.45) is 3.10. The van der Waals surface area contributed by atoms with Gasteiger partial charge in [-0.25, -0.2) is 4.98 Å². The Hall–Kier alpha value is -0.490. The molecule has 1 aromatic rings. The zero-order valence-corrected chi connectivity index (χ0v) is 12.9. The van der Waals surface area contributed by atoms with E-state index in [4.69, 9.17) is 4.74 Å². The average molecular weight is 283 g/mol. The molecule has 2 unspecified atom stereocenters. The number of thiazole rings is 1. The molecule has 4 nitrogen and oxygen atoms in total. The maximum atomic E-state index is 5.99. The van der Waals surface area contributed by atoms with Gasteiger partial charge in [-0.3, -0.25) is 4.90 Å².